The molecule has 11 heteroatoms. The predicted octanol–water partition coefficient (Wildman–Crippen LogP) is 2.95. The zero-order valence-electron chi connectivity index (χ0n) is 20.4. The molecule has 0 fully saturated rings. The second-order valence-electron chi connectivity index (χ2n) is 9.98. The predicted molar refractivity (Wildman–Crippen MR) is 123 cm³/mol. The van der Waals surface area contributed by atoms with Gasteiger partial charge in [-0.25, -0.2) is 18.0 Å². The summed E-state index contributed by atoms with van der Waals surface area (Å²) >= 11 is 0. The molecule has 0 spiro atoms. The summed E-state index contributed by atoms with van der Waals surface area (Å²) in [5.41, 5.74) is 4.73. The van der Waals surface area contributed by atoms with Gasteiger partial charge in [0.2, 0.25) is 10.0 Å². The Balaban J connectivity index is 0. The van der Waals surface area contributed by atoms with E-state index >= 15 is 0 Å². The van der Waals surface area contributed by atoms with Gasteiger partial charge in [-0.05, 0) is 39.0 Å². The Morgan fingerprint density at radius 2 is 1.52 bits per heavy atom. The quantitative estimate of drug-likeness (QED) is 0.387. The highest BCUT2D eigenvalue weighted by Crippen LogP contribution is 2.25. The number of carbonyl (C=O) groups excluding carboxylic acids is 2. The number of esters is 1. The first-order valence-corrected chi connectivity index (χ1v) is 11.9. The summed E-state index contributed by atoms with van der Waals surface area (Å²) in [6, 6.07) is -0.952. The maximum Gasteiger partial charge on any atom is 0.516 e. The number of rotatable bonds is 9. The Kier molecular flexibility index (Phi) is 12.8. The molecule has 31 heavy (non-hydrogen) atoms. The molecule has 0 aliphatic rings. The van der Waals surface area contributed by atoms with E-state index in [4.69, 9.17) is 15.2 Å². The SMILES string of the molecule is CC(C)[C@H](N)C(=O)OC(=O)OC[C@H](CN(C(C)(C)C)S(C)(=O)=O)O[C@@H](C)C(C)(C)C.Cl. The second kappa shape index (κ2) is 12.3. The molecule has 0 heterocycles. The number of sulfonamides is 1. The molecule has 2 N–H and O–H groups in total. The van der Waals surface area contributed by atoms with Gasteiger partial charge in [-0.1, -0.05) is 34.6 Å². The first-order valence-electron chi connectivity index (χ1n) is 10.0. The van der Waals surface area contributed by atoms with Gasteiger partial charge < -0.3 is 19.9 Å². The number of carbonyl (C=O) groups is 2. The van der Waals surface area contributed by atoms with Crippen LogP contribution in [0.4, 0.5) is 4.79 Å². The van der Waals surface area contributed by atoms with Gasteiger partial charge in [0.05, 0.1) is 12.4 Å². The van der Waals surface area contributed by atoms with Crippen molar-refractivity contribution >= 4 is 34.6 Å². The van der Waals surface area contributed by atoms with Crippen molar-refractivity contribution in [2.45, 2.75) is 86.1 Å². The topological polar surface area (TPSA) is 125 Å². The van der Waals surface area contributed by atoms with E-state index in [-0.39, 0.29) is 43.0 Å². The molecule has 0 aromatic carbocycles. The standard InChI is InChI=1S/C20H40N2O7S.ClH/c1-13(2)16(21)17(23)29-18(24)27-12-15(28-14(3)19(4,5)6)11-22(20(7,8)9)30(10,25)26;/h13-16H,11-12,21H2,1-10H3;1H/t14-,15-,16-;/m0./s1. The van der Waals surface area contributed by atoms with Crippen LogP contribution < -0.4 is 5.73 Å². The molecule has 0 saturated heterocycles. The average Bonchev–Trinajstić information content (AvgIpc) is 2.52. The number of hydrogen-bond acceptors (Lipinski definition) is 8. The highest BCUT2D eigenvalue weighted by atomic mass is 35.5. The fourth-order valence-corrected chi connectivity index (χ4v) is 3.76. The number of nitrogens with two attached hydrogens (primary N) is 1. The molecular weight excluding hydrogens is 448 g/mol. The van der Waals surface area contributed by atoms with Crippen molar-refractivity contribution in [3.8, 4) is 0 Å². The number of halogens is 1. The Hall–Kier alpha value is -0.940. The minimum absolute atomic E-state index is 0. The van der Waals surface area contributed by atoms with E-state index < -0.39 is 39.8 Å². The summed E-state index contributed by atoms with van der Waals surface area (Å²) < 4.78 is 41.6. The molecule has 0 bridgehead atoms. The largest absolute Gasteiger partial charge is 0.516 e. The van der Waals surface area contributed by atoms with Gasteiger partial charge in [-0.3, -0.25) is 0 Å². The van der Waals surface area contributed by atoms with Crippen molar-refractivity contribution in [1.29, 1.82) is 0 Å². The molecule has 0 aromatic rings. The fourth-order valence-electron chi connectivity index (χ4n) is 2.33. The molecule has 0 amide bonds. The van der Waals surface area contributed by atoms with Crippen LogP contribution >= 0.6 is 12.4 Å². The van der Waals surface area contributed by atoms with E-state index in [1.54, 1.807) is 34.6 Å². The van der Waals surface area contributed by atoms with Gasteiger partial charge in [0, 0.05) is 12.1 Å². The minimum atomic E-state index is -3.56. The van der Waals surface area contributed by atoms with Gasteiger partial charge in [0.15, 0.2) is 0 Å². The van der Waals surface area contributed by atoms with Crippen LogP contribution in [0.15, 0.2) is 0 Å². The van der Waals surface area contributed by atoms with E-state index in [0.717, 1.165) is 6.26 Å². The number of ether oxygens (including phenoxy) is 3. The molecule has 0 rings (SSSR count). The first-order chi connectivity index (χ1) is 13.3. The molecule has 186 valence electrons. The third kappa shape index (κ3) is 12.0. The van der Waals surface area contributed by atoms with Gasteiger partial charge in [-0.2, -0.15) is 4.31 Å². The molecule has 3 atom stereocenters. The van der Waals surface area contributed by atoms with Crippen molar-refractivity contribution in [1.82, 2.24) is 4.31 Å². The molecule has 9 nitrogen and oxygen atoms in total. The van der Waals surface area contributed by atoms with Crippen molar-refractivity contribution in [3.05, 3.63) is 0 Å². The zero-order valence-corrected chi connectivity index (χ0v) is 22.1. The Morgan fingerprint density at radius 3 is 1.87 bits per heavy atom. The molecule has 0 aromatic heterocycles. The average molecular weight is 489 g/mol. The van der Waals surface area contributed by atoms with Gasteiger partial charge in [-0.15, -0.1) is 12.4 Å². The molecule has 0 aliphatic heterocycles. The second-order valence-corrected chi connectivity index (χ2v) is 11.9. The Morgan fingerprint density at radius 1 is 1.03 bits per heavy atom. The van der Waals surface area contributed by atoms with E-state index in [1.165, 1.54) is 4.31 Å². The van der Waals surface area contributed by atoms with Crippen LogP contribution in [0.2, 0.25) is 0 Å². The third-order valence-corrected chi connectivity index (χ3v) is 6.19. The van der Waals surface area contributed by atoms with Crippen molar-refractivity contribution in [2.75, 3.05) is 19.4 Å². The van der Waals surface area contributed by atoms with Crippen LogP contribution in [0.25, 0.3) is 0 Å². The lowest BCUT2D eigenvalue weighted by Crippen LogP contribution is -2.51. The summed E-state index contributed by atoms with van der Waals surface area (Å²) in [6.07, 6.45) is -1.12. The molecular formula is C20H41ClN2O7S. The van der Waals surface area contributed by atoms with E-state index in [2.05, 4.69) is 4.74 Å². The molecule has 0 saturated carbocycles. The van der Waals surface area contributed by atoms with Gasteiger partial charge in [0.1, 0.15) is 18.8 Å². The molecule has 0 aliphatic carbocycles. The lowest BCUT2D eigenvalue weighted by molar-refractivity contribution is -0.143. The van der Waals surface area contributed by atoms with Gasteiger partial charge in [0.25, 0.3) is 0 Å². The summed E-state index contributed by atoms with van der Waals surface area (Å²) in [6.45, 7) is 16.2. The monoisotopic (exact) mass is 488 g/mol. The van der Waals surface area contributed by atoms with Crippen molar-refractivity contribution < 1.29 is 32.2 Å². The van der Waals surface area contributed by atoms with E-state index in [1.807, 2.05) is 27.7 Å². The van der Waals surface area contributed by atoms with Crippen LogP contribution in [-0.2, 0) is 29.0 Å². The summed E-state index contributed by atoms with van der Waals surface area (Å²) in [5, 5.41) is 0. The van der Waals surface area contributed by atoms with Crippen molar-refractivity contribution in [3.63, 3.8) is 0 Å². The summed E-state index contributed by atoms with van der Waals surface area (Å²) in [4.78, 5) is 23.8. The van der Waals surface area contributed by atoms with Crippen LogP contribution in [-0.4, -0.2) is 68.0 Å². The number of hydrogen-bond donors (Lipinski definition) is 1. The highest BCUT2D eigenvalue weighted by molar-refractivity contribution is 7.88. The van der Waals surface area contributed by atoms with E-state index in [0.29, 0.717) is 0 Å². The highest BCUT2D eigenvalue weighted by Gasteiger charge is 2.35. The van der Waals surface area contributed by atoms with Crippen LogP contribution in [0, 0.1) is 11.3 Å². The maximum absolute atomic E-state index is 12.3. The fraction of sp³-hybridized carbons (Fsp3) is 0.900. The number of nitrogens with zero attached hydrogens (tertiary/aromatic N) is 1. The van der Waals surface area contributed by atoms with E-state index in [9.17, 15) is 18.0 Å². The molecule has 0 radical (unpaired) electrons. The van der Waals surface area contributed by atoms with Crippen LogP contribution in [0.3, 0.4) is 0 Å². The zero-order chi connectivity index (χ0) is 24.1. The Bertz CT molecular complexity index is 685. The van der Waals surface area contributed by atoms with Gasteiger partial charge >= 0.3 is 12.1 Å². The smallest absolute Gasteiger partial charge is 0.431 e. The summed E-state index contributed by atoms with van der Waals surface area (Å²) in [5.74, 6) is -1.09. The maximum atomic E-state index is 12.3. The minimum Gasteiger partial charge on any atom is -0.431 e. The summed E-state index contributed by atoms with van der Waals surface area (Å²) in [7, 11) is -3.56. The third-order valence-electron chi connectivity index (χ3n) is 4.70. The molecule has 0 unspecified atom stereocenters. The lowest BCUT2D eigenvalue weighted by Gasteiger charge is -2.38. The Labute approximate surface area is 193 Å². The van der Waals surface area contributed by atoms with Crippen molar-refractivity contribution in [2.24, 2.45) is 17.1 Å². The van der Waals surface area contributed by atoms with Crippen LogP contribution in [0.1, 0.15) is 62.3 Å². The lowest BCUT2D eigenvalue weighted by atomic mass is 9.90. The van der Waals surface area contributed by atoms with Crippen LogP contribution in [0.5, 0.6) is 0 Å². The first kappa shape index (κ1) is 32.2. The normalized spacial score (nSPS) is 15.8.